The largest absolute Gasteiger partial charge is 0.419 e. The van der Waals surface area contributed by atoms with E-state index in [0.29, 0.717) is 18.3 Å². The number of unbranched alkanes of at least 4 members (excludes halogenated alkanes) is 1. The normalized spacial score (nSPS) is 12.5. The maximum Gasteiger partial charge on any atom is 0.247 e. The van der Waals surface area contributed by atoms with Gasteiger partial charge in [0.2, 0.25) is 11.8 Å². The van der Waals surface area contributed by atoms with Gasteiger partial charge in [-0.25, -0.2) is 0 Å². The van der Waals surface area contributed by atoms with Gasteiger partial charge < -0.3 is 9.73 Å². The molecule has 0 aliphatic heterocycles. The van der Waals surface area contributed by atoms with Gasteiger partial charge in [-0.2, -0.15) is 0 Å². The van der Waals surface area contributed by atoms with Crippen molar-refractivity contribution in [2.24, 2.45) is 5.92 Å². The van der Waals surface area contributed by atoms with Gasteiger partial charge in [-0.1, -0.05) is 51.3 Å². The second-order valence-corrected chi connectivity index (χ2v) is 5.41. The summed E-state index contributed by atoms with van der Waals surface area (Å²) in [7, 11) is 0. The molecular formula is C17H25N3O. The van der Waals surface area contributed by atoms with Crippen LogP contribution >= 0.6 is 0 Å². The summed E-state index contributed by atoms with van der Waals surface area (Å²) < 4.78 is 5.68. The monoisotopic (exact) mass is 287 g/mol. The van der Waals surface area contributed by atoms with E-state index in [-0.39, 0.29) is 0 Å². The van der Waals surface area contributed by atoms with Crippen molar-refractivity contribution in [3.05, 3.63) is 36.2 Å². The summed E-state index contributed by atoms with van der Waals surface area (Å²) in [6, 6.07) is 9.86. The van der Waals surface area contributed by atoms with Crippen LogP contribution < -0.4 is 5.32 Å². The predicted octanol–water partition coefficient (Wildman–Crippen LogP) is 4.04. The quantitative estimate of drug-likeness (QED) is 0.756. The molecule has 0 saturated carbocycles. The van der Waals surface area contributed by atoms with E-state index in [9.17, 15) is 0 Å². The molecule has 1 aromatic carbocycles. The lowest BCUT2D eigenvalue weighted by Gasteiger charge is -2.14. The van der Waals surface area contributed by atoms with Crippen LogP contribution in [-0.4, -0.2) is 16.7 Å². The summed E-state index contributed by atoms with van der Waals surface area (Å²) in [5, 5.41) is 11.6. The molecule has 1 heterocycles. The van der Waals surface area contributed by atoms with Crippen molar-refractivity contribution >= 4 is 0 Å². The molecule has 4 nitrogen and oxygen atoms in total. The Labute approximate surface area is 127 Å². The Kier molecular flexibility index (Phi) is 6.41. The molecule has 4 heteroatoms. The second kappa shape index (κ2) is 8.57. The number of nitrogens with one attached hydrogen (secondary N) is 1. The van der Waals surface area contributed by atoms with Crippen molar-refractivity contribution in [2.75, 3.05) is 6.54 Å². The van der Waals surface area contributed by atoms with Crippen LogP contribution in [0.1, 0.15) is 45.4 Å². The van der Waals surface area contributed by atoms with Gasteiger partial charge in [0.15, 0.2) is 0 Å². The van der Waals surface area contributed by atoms with Crippen LogP contribution in [0.15, 0.2) is 34.7 Å². The van der Waals surface area contributed by atoms with E-state index in [2.05, 4.69) is 29.4 Å². The van der Waals surface area contributed by atoms with Crippen LogP contribution in [0.25, 0.3) is 11.5 Å². The van der Waals surface area contributed by atoms with Gasteiger partial charge in [-0.05, 0) is 31.0 Å². The molecule has 1 aromatic heterocycles. The van der Waals surface area contributed by atoms with Crippen molar-refractivity contribution in [3.63, 3.8) is 0 Å². The molecule has 1 N–H and O–H groups in total. The molecule has 0 fully saturated rings. The number of nitrogens with zero attached hydrogens (tertiary/aromatic N) is 2. The third-order valence-electron chi connectivity index (χ3n) is 3.74. The third kappa shape index (κ3) is 4.97. The zero-order valence-corrected chi connectivity index (χ0v) is 13.0. The first-order chi connectivity index (χ1) is 10.3. The second-order valence-electron chi connectivity index (χ2n) is 5.41. The van der Waals surface area contributed by atoms with Crippen LogP contribution in [0.2, 0.25) is 0 Å². The Bertz CT molecular complexity index is 510. The first-order valence-electron chi connectivity index (χ1n) is 7.92. The first-order valence-corrected chi connectivity index (χ1v) is 7.92. The fourth-order valence-corrected chi connectivity index (χ4v) is 2.35. The Morgan fingerprint density at radius 3 is 2.67 bits per heavy atom. The minimum atomic E-state index is 0.588. The zero-order chi connectivity index (χ0) is 14.9. The van der Waals surface area contributed by atoms with Crippen LogP contribution in [-0.2, 0) is 6.54 Å². The summed E-state index contributed by atoms with van der Waals surface area (Å²) in [5.74, 6) is 1.98. The summed E-state index contributed by atoms with van der Waals surface area (Å²) in [6.07, 6.45) is 5.07. The molecule has 0 saturated heterocycles. The highest BCUT2D eigenvalue weighted by Gasteiger charge is 2.09. The molecule has 0 spiro atoms. The summed E-state index contributed by atoms with van der Waals surface area (Å²) >= 11 is 0. The van der Waals surface area contributed by atoms with E-state index >= 15 is 0 Å². The van der Waals surface area contributed by atoms with E-state index in [0.717, 1.165) is 18.0 Å². The molecule has 0 bridgehead atoms. The average Bonchev–Trinajstić information content (AvgIpc) is 3.00. The Hall–Kier alpha value is -1.68. The molecule has 0 radical (unpaired) electrons. The van der Waals surface area contributed by atoms with Crippen molar-refractivity contribution < 1.29 is 4.42 Å². The van der Waals surface area contributed by atoms with Crippen LogP contribution in [0, 0.1) is 5.92 Å². The van der Waals surface area contributed by atoms with Gasteiger partial charge in [0, 0.05) is 5.56 Å². The summed E-state index contributed by atoms with van der Waals surface area (Å²) in [4.78, 5) is 0. The van der Waals surface area contributed by atoms with Crippen molar-refractivity contribution in [1.29, 1.82) is 0 Å². The van der Waals surface area contributed by atoms with Crippen molar-refractivity contribution in [1.82, 2.24) is 15.5 Å². The lowest BCUT2D eigenvalue weighted by molar-refractivity contribution is 0.399. The SMILES string of the molecule is CCCCC(CC)CNCc1nnc(-c2ccccc2)o1. The van der Waals surface area contributed by atoms with E-state index in [1.165, 1.54) is 25.7 Å². The Balaban J connectivity index is 1.80. The highest BCUT2D eigenvalue weighted by atomic mass is 16.4. The molecule has 1 unspecified atom stereocenters. The Morgan fingerprint density at radius 2 is 1.95 bits per heavy atom. The zero-order valence-electron chi connectivity index (χ0n) is 13.0. The number of rotatable bonds is 9. The maximum atomic E-state index is 5.68. The van der Waals surface area contributed by atoms with Gasteiger partial charge in [0.05, 0.1) is 6.54 Å². The van der Waals surface area contributed by atoms with Crippen molar-refractivity contribution in [2.45, 2.75) is 46.1 Å². The van der Waals surface area contributed by atoms with Crippen LogP contribution in [0.4, 0.5) is 0 Å². The molecule has 0 amide bonds. The molecule has 2 rings (SSSR count). The van der Waals surface area contributed by atoms with Gasteiger partial charge in [0.25, 0.3) is 0 Å². The van der Waals surface area contributed by atoms with E-state index < -0.39 is 0 Å². The highest BCUT2D eigenvalue weighted by molar-refractivity contribution is 5.51. The molecule has 21 heavy (non-hydrogen) atoms. The van der Waals surface area contributed by atoms with Gasteiger partial charge in [-0.15, -0.1) is 10.2 Å². The number of hydrogen-bond donors (Lipinski definition) is 1. The maximum absolute atomic E-state index is 5.68. The minimum absolute atomic E-state index is 0.588. The molecule has 1 atom stereocenters. The molecule has 0 aliphatic carbocycles. The smallest absolute Gasteiger partial charge is 0.247 e. The van der Waals surface area contributed by atoms with Gasteiger partial charge in [0.1, 0.15) is 0 Å². The predicted molar refractivity (Wildman–Crippen MR) is 84.7 cm³/mol. The molecule has 114 valence electrons. The van der Waals surface area contributed by atoms with E-state index in [4.69, 9.17) is 4.42 Å². The number of hydrogen-bond acceptors (Lipinski definition) is 4. The summed E-state index contributed by atoms with van der Waals surface area (Å²) in [6.45, 7) is 6.15. The average molecular weight is 287 g/mol. The lowest BCUT2D eigenvalue weighted by atomic mass is 9.99. The van der Waals surface area contributed by atoms with E-state index in [1.54, 1.807) is 0 Å². The molecule has 0 aliphatic rings. The fraction of sp³-hybridized carbons (Fsp3) is 0.529. The van der Waals surface area contributed by atoms with Crippen molar-refractivity contribution in [3.8, 4) is 11.5 Å². The van der Waals surface area contributed by atoms with Gasteiger partial charge in [-0.3, -0.25) is 0 Å². The lowest BCUT2D eigenvalue weighted by Crippen LogP contribution is -2.22. The highest BCUT2D eigenvalue weighted by Crippen LogP contribution is 2.17. The van der Waals surface area contributed by atoms with Gasteiger partial charge >= 0.3 is 0 Å². The number of aromatic nitrogens is 2. The number of benzene rings is 1. The van der Waals surface area contributed by atoms with E-state index in [1.807, 2.05) is 30.3 Å². The van der Waals surface area contributed by atoms with Crippen LogP contribution in [0.3, 0.4) is 0 Å². The minimum Gasteiger partial charge on any atom is -0.419 e. The fourth-order valence-electron chi connectivity index (χ4n) is 2.35. The molecule has 2 aromatic rings. The summed E-state index contributed by atoms with van der Waals surface area (Å²) in [5.41, 5.74) is 0.964. The first kappa shape index (κ1) is 15.7. The van der Waals surface area contributed by atoms with Crippen LogP contribution in [0.5, 0.6) is 0 Å². The third-order valence-corrected chi connectivity index (χ3v) is 3.74. The topological polar surface area (TPSA) is 51.0 Å². The standard InChI is InChI=1S/C17H25N3O/c1-3-5-9-14(4-2)12-18-13-16-19-20-17(21-16)15-10-7-6-8-11-15/h6-8,10-11,14,18H,3-5,9,12-13H2,1-2H3. The Morgan fingerprint density at radius 1 is 1.14 bits per heavy atom. The molecular weight excluding hydrogens is 262 g/mol.